The highest BCUT2D eigenvalue weighted by Gasteiger charge is 2.14. The van der Waals surface area contributed by atoms with Crippen molar-refractivity contribution in [3.05, 3.63) is 36.1 Å². The van der Waals surface area contributed by atoms with E-state index in [1.807, 2.05) is 13.1 Å². The first-order valence-electron chi connectivity index (χ1n) is 7.67. The Bertz CT molecular complexity index is 501. The van der Waals surface area contributed by atoms with Crippen LogP contribution in [-0.4, -0.2) is 24.5 Å². The Morgan fingerprint density at radius 3 is 2.86 bits per heavy atom. The second-order valence-electron chi connectivity index (χ2n) is 5.23. The molecule has 1 rings (SSSR count). The van der Waals surface area contributed by atoms with E-state index in [1.54, 1.807) is 17.2 Å². The Hall–Kier alpha value is -2.22. The van der Waals surface area contributed by atoms with Gasteiger partial charge in [0.25, 0.3) is 0 Å². The molecule has 0 bridgehead atoms. The van der Waals surface area contributed by atoms with E-state index in [9.17, 15) is 4.79 Å². The zero-order chi connectivity index (χ0) is 16.4. The van der Waals surface area contributed by atoms with Gasteiger partial charge < -0.3 is 14.4 Å². The molecule has 0 aliphatic carbocycles. The van der Waals surface area contributed by atoms with Gasteiger partial charge >= 0.3 is 5.97 Å². The predicted molar refractivity (Wildman–Crippen MR) is 84.0 cm³/mol. The van der Waals surface area contributed by atoms with Gasteiger partial charge in [0.2, 0.25) is 0 Å². The van der Waals surface area contributed by atoms with E-state index < -0.39 is 5.97 Å². The Morgan fingerprint density at radius 2 is 2.32 bits per heavy atom. The fourth-order valence-corrected chi connectivity index (χ4v) is 1.98. The van der Waals surface area contributed by atoms with E-state index in [2.05, 4.69) is 13.8 Å². The summed E-state index contributed by atoms with van der Waals surface area (Å²) in [6.45, 7) is 4.59. The van der Waals surface area contributed by atoms with Crippen LogP contribution in [0.2, 0.25) is 0 Å². The average molecular weight is 304 g/mol. The largest absolute Gasteiger partial charge is 0.461 e. The number of carbonyl (C=O) groups is 1. The summed E-state index contributed by atoms with van der Waals surface area (Å²) in [6, 6.07) is 1.87. The van der Waals surface area contributed by atoms with Gasteiger partial charge in [-0.1, -0.05) is 33.1 Å². The smallest absolute Gasteiger partial charge is 0.348 e. The Labute approximate surface area is 132 Å². The van der Waals surface area contributed by atoms with E-state index in [4.69, 9.17) is 14.7 Å². The van der Waals surface area contributed by atoms with Gasteiger partial charge in [-0.15, -0.1) is 0 Å². The summed E-state index contributed by atoms with van der Waals surface area (Å²) in [7, 11) is 1.81. The van der Waals surface area contributed by atoms with Crippen molar-refractivity contribution < 1.29 is 14.3 Å². The zero-order valence-corrected chi connectivity index (χ0v) is 13.5. The highest BCUT2D eigenvalue weighted by Crippen LogP contribution is 2.15. The van der Waals surface area contributed by atoms with Gasteiger partial charge in [0, 0.05) is 19.3 Å². The molecular formula is C17H24N2O3. The van der Waals surface area contributed by atoms with Crippen molar-refractivity contribution in [3.8, 4) is 6.07 Å². The molecule has 1 aliphatic rings. The van der Waals surface area contributed by atoms with E-state index >= 15 is 0 Å². The molecule has 0 saturated carbocycles. The summed E-state index contributed by atoms with van der Waals surface area (Å²) in [5.41, 5.74) is -0.0262. The van der Waals surface area contributed by atoms with E-state index in [0.717, 1.165) is 25.7 Å². The monoisotopic (exact) mass is 304 g/mol. The van der Waals surface area contributed by atoms with Crippen LogP contribution in [0.3, 0.4) is 0 Å². The van der Waals surface area contributed by atoms with Gasteiger partial charge in [0.05, 0.1) is 6.61 Å². The molecule has 1 atom stereocenters. The second kappa shape index (κ2) is 9.67. The first-order valence-corrected chi connectivity index (χ1v) is 7.67. The molecule has 5 nitrogen and oxygen atoms in total. The Morgan fingerprint density at radius 1 is 1.55 bits per heavy atom. The van der Waals surface area contributed by atoms with Crippen LogP contribution in [0.25, 0.3) is 0 Å². The highest BCUT2D eigenvalue weighted by molar-refractivity contribution is 5.93. The van der Waals surface area contributed by atoms with Gasteiger partial charge in [0.15, 0.2) is 5.88 Å². The number of esters is 1. The van der Waals surface area contributed by atoms with Crippen LogP contribution in [0.1, 0.15) is 39.5 Å². The maximum atomic E-state index is 11.9. The molecule has 0 aromatic rings. The highest BCUT2D eigenvalue weighted by atomic mass is 16.5. The maximum absolute atomic E-state index is 11.9. The van der Waals surface area contributed by atoms with Crippen molar-refractivity contribution in [3.63, 3.8) is 0 Å². The first kappa shape index (κ1) is 17.8. The summed E-state index contributed by atoms with van der Waals surface area (Å²) in [4.78, 5) is 13.7. The standard InChI is InChI=1S/C17H24N2O3/c1-4-6-7-14(5-2)13-22-17(20)15(12-18)8-9-16-19(3)10-11-21-16/h8-11,14H,4-7,13H2,1-3H3/b15-8+,16-9+/t14-/m1/s1. The fraction of sp³-hybridized carbons (Fsp3) is 0.529. The third kappa shape index (κ3) is 5.65. The van der Waals surface area contributed by atoms with Gasteiger partial charge in [-0.05, 0) is 18.4 Å². The van der Waals surface area contributed by atoms with Crippen LogP contribution in [0.4, 0.5) is 0 Å². The molecule has 0 spiro atoms. The van der Waals surface area contributed by atoms with Gasteiger partial charge in [-0.2, -0.15) is 5.26 Å². The second-order valence-corrected chi connectivity index (χ2v) is 5.23. The summed E-state index contributed by atoms with van der Waals surface area (Å²) in [6.07, 6.45) is 10.5. The summed E-state index contributed by atoms with van der Waals surface area (Å²) in [5.74, 6) is 0.327. The lowest BCUT2D eigenvalue weighted by atomic mass is 10.0. The average Bonchev–Trinajstić information content (AvgIpc) is 2.93. The third-order valence-electron chi connectivity index (χ3n) is 3.55. The predicted octanol–water partition coefficient (Wildman–Crippen LogP) is 3.47. The first-order chi connectivity index (χ1) is 10.6. The van der Waals surface area contributed by atoms with Crippen LogP contribution in [0.5, 0.6) is 0 Å². The number of hydrogen-bond acceptors (Lipinski definition) is 5. The molecule has 0 fully saturated rings. The van der Waals surface area contributed by atoms with E-state index in [1.165, 1.54) is 12.3 Å². The molecule has 0 amide bonds. The molecule has 1 heterocycles. The normalized spacial score (nSPS) is 17.3. The van der Waals surface area contributed by atoms with E-state index in [0.29, 0.717) is 18.4 Å². The Balaban J connectivity index is 2.56. The number of nitrogens with zero attached hydrogens (tertiary/aromatic N) is 2. The molecule has 0 saturated heterocycles. The third-order valence-corrected chi connectivity index (χ3v) is 3.55. The maximum Gasteiger partial charge on any atom is 0.348 e. The number of rotatable bonds is 8. The molecule has 0 unspecified atom stereocenters. The summed E-state index contributed by atoms with van der Waals surface area (Å²) in [5, 5.41) is 9.08. The minimum atomic E-state index is -0.581. The van der Waals surface area contributed by atoms with Crippen LogP contribution in [-0.2, 0) is 14.3 Å². The Kier molecular flexibility index (Phi) is 7.84. The van der Waals surface area contributed by atoms with Gasteiger partial charge in [-0.25, -0.2) is 4.79 Å². The number of nitriles is 1. The summed E-state index contributed by atoms with van der Waals surface area (Å²) >= 11 is 0. The quantitative estimate of drug-likeness (QED) is 0.390. The number of unbranched alkanes of at least 4 members (excludes halogenated alkanes) is 1. The molecule has 1 aliphatic heterocycles. The zero-order valence-electron chi connectivity index (χ0n) is 13.5. The number of allylic oxidation sites excluding steroid dienone is 2. The molecule has 0 aromatic carbocycles. The van der Waals surface area contributed by atoms with Crippen molar-refractivity contribution in [1.29, 1.82) is 5.26 Å². The molecule has 0 aromatic heterocycles. The summed E-state index contributed by atoms with van der Waals surface area (Å²) < 4.78 is 10.5. The molecule has 0 N–H and O–H groups in total. The van der Waals surface area contributed by atoms with Crippen LogP contribution in [0.15, 0.2) is 36.1 Å². The topological polar surface area (TPSA) is 62.6 Å². The minimum Gasteiger partial charge on any atom is -0.461 e. The lowest BCUT2D eigenvalue weighted by Crippen LogP contribution is -2.15. The molecule has 0 radical (unpaired) electrons. The lowest BCUT2D eigenvalue weighted by molar-refractivity contribution is -0.140. The van der Waals surface area contributed by atoms with Crippen molar-refractivity contribution in [1.82, 2.24) is 4.90 Å². The number of carbonyl (C=O) groups excluding carboxylic acids is 1. The molecule has 5 heteroatoms. The molecular weight excluding hydrogens is 280 g/mol. The van der Waals surface area contributed by atoms with Crippen molar-refractivity contribution in [2.75, 3.05) is 13.7 Å². The van der Waals surface area contributed by atoms with Crippen molar-refractivity contribution >= 4 is 5.97 Å². The molecule has 22 heavy (non-hydrogen) atoms. The minimum absolute atomic E-state index is 0.0262. The van der Waals surface area contributed by atoms with E-state index in [-0.39, 0.29) is 5.57 Å². The van der Waals surface area contributed by atoms with Crippen LogP contribution < -0.4 is 0 Å². The number of ether oxygens (including phenoxy) is 2. The van der Waals surface area contributed by atoms with Crippen LogP contribution >= 0.6 is 0 Å². The fourth-order valence-electron chi connectivity index (χ4n) is 1.98. The lowest BCUT2D eigenvalue weighted by Gasteiger charge is -2.14. The van der Waals surface area contributed by atoms with Crippen LogP contribution in [0, 0.1) is 17.2 Å². The molecule has 120 valence electrons. The van der Waals surface area contributed by atoms with Gasteiger partial charge in [-0.3, -0.25) is 0 Å². The SMILES string of the molecule is CCCC[C@@H](CC)COC(=O)/C(C#N)=C/C=C1/OC=CN1C. The number of hydrogen-bond donors (Lipinski definition) is 0. The van der Waals surface area contributed by atoms with Gasteiger partial charge in [0.1, 0.15) is 17.9 Å². The van der Waals surface area contributed by atoms with Crippen molar-refractivity contribution in [2.45, 2.75) is 39.5 Å². The van der Waals surface area contributed by atoms with Crippen molar-refractivity contribution in [2.24, 2.45) is 5.92 Å².